The third-order valence-electron chi connectivity index (χ3n) is 1.12. The van der Waals surface area contributed by atoms with Gasteiger partial charge in [0.1, 0.15) is 5.02 Å². The van der Waals surface area contributed by atoms with Crippen LogP contribution in [0.5, 0.6) is 0 Å². The van der Waals surface area contributed by atoms with E-state index >= 15 is 0 Å². The highest BCUT2D eigenvalue weighted by atomic mass is 35.5. The minimum absolute atomic E-state index is 0.0546. The Morgan fingerprint density at radius 3 is 2.08 bits per heavy atom. The molecule has 0 atom stereocenters. The first-order valence-corrected chi connectivity index (χ1v) is 4.25. The van der Waals surface area contributed by atoms with E-state index in [2.05, 4.69) is 10.4 Å². The fourth-order valence-electron chi connectivity index (χ4n) is 0.583. The number of rotatable bonds is 1. The van der Waals surface area contributed by atoms with E-state index in [9.17, 15) is 0 Å². The molecule has 0 fully saturated rings. The lowest BCUT2D eigenvalue weighted by Gasteiger charge is -2.05. The molecule has 0 aliphatic rings. The number of nitrogens with two attached hydrogens (primary N) is 1. The van der Waals surface area contributed by atoms with Crippen LogP contribution < -0.4 is 11.3 Å². The Kier molecular flexibility index (Phi) is 3.26. The lowest BCUT2D eigenvalue weighted by Crippen LogP contribution is -2.09. The fraction of sp³-hybridized carbons (Fsp3) is 0. The predicted octanol–water partition coefficient (Wildman–Crippen LogP) is 2.98. The van der Waals surface area contributed by atoms with Crippen LogP contribution >= 0.6 is 46.4 Å². The summed E-state index contributed by atoms with van der Waals surface area (Å²) in [4.78, 5) is 3.73. The van der Waals surface area contributed by atoms with Crippen molar-refractivity contribution in [3.8, 4) is 0 Å². The Morgan fingerprint density at radius 2 is 1.58 bits per heavy atom. The second kappa shape index (κ2) is 3.85. The fourth-order valence-corrected chi connectivity index (χ4v) is 1.37. The number of pyridine rings is 1. The number of aromatic nitrogens is 1. The molecule has 0 saturated carbocycles. The number of nitrogen functional groups attached to an aromatic ring is 1. The summed E-state index contributed by atoms with van der Waals surface area (Å²) in [7, 11) is 0. The molecule has 66 valence electrons. The van der Waals surface area contributed by atoms with Crippen molar-refractivity contribution >= 4 is 52.2 Å². The number of anilines is 1. The summed E-state index contributed by atoms with van der Waals surface area (Å²) in [6, 6.07) is 0. The maximum Gasteiger partial charge on any atom is 0.162 e. The van der Waals surface area contributed by atoms with E-state index in [1.165, 1.54) is 0 Å². The molecule has 1 aromatic heterocycles. The van der Waals surface area contributed by atoms with E-state index in [0.29, 0.717) is 0 Å². The van der Waals surface area contributed by atoms with Gasteiger partial charge in [-0.15, -0.1) is 0 Å². The van der Waals surface area contributed by atoms with E-state index in [1.807, 2.05) is 0 Å². The van der Waals surface area contributed by atoms with Gasteiger partial charge in [0.2, 0.25) is 0 Å². The van der Waals surface area contributed by atoms with Gasteiger partial charge in [-0.1, -0.05) is 46.4 Å². The first-order chi connectivity index (χ1) is 5.57. The summed E-state index contributed by atoms with van der Waals surface area (Å²) < 4.78 is 0. The number of nitrogens with one attached hydrogen (secondary N) is 1. The van der Waals surface area contributed by atoms with Crippen molar-refractivity contribution in [2.75, 3.05) is 5.43 Å². The molecule has 0 aromatic carbocycles. The molecular weight excluding hydrogens is 244 g/mol. The molecule has 0 radical (unpaired) electrons. The van der Waals surface area contributed by atoms with Gasteiger partial charge in [0, 0.05) is 0 Å². The third kappa shape index (κ3) is 1.70. The van der Waals surface area contributed by atoms with Crippen LogP contribution in [0, 0.1) is 0 Å². The van der Waals surface area contributed by atoms with Crippen LogP contribution in [0.25, 0.3) is 0 Å². The molecule has 0 bridgehead atoms. The van der Waals surface area contributed by atoms with E-state index in [-0.39, 0.29) is 26.0 Å². The zero-order chi connectivity index (χ0) is 9.30. The molecule has 3 N–H and O–H groups in total. The summed E-state index contributed by atoms with van der Waals surface area (Å²) in [5.74, 6) is 5.27. The zero-order valence-electron chi connectivity index (χ0n) is 5.54. The minimum Gasteiger partial charge on any atom is -0.307 e. The Morgan fingerprint density at radius 1 is 1.00 bits per heavy atom. The molecule has 12 heavy (non-hydrogen) atoms. The Hall–Kier alpha value is 0.0700. The summed E-state index contributed by atoms with van der Waals surface area (Å²) in [6.07, 6.45) is 0. The molecule has 3 nitrogen and oxygen atoms in total. The summed E-state index contributed by atoms with van der Waals surface area (Å²) in [6.45, 7) is 0. The topological polar surface area (TPSA) is 50.9 Å². The molecule has 7 heteroatoms. The van der Waals surface area contributed by atoms with Gasteiger partial charge in [0.05, 0.1) is 10.0 Å². The molecule has 1 heterocycles. The highest BCUT2D eigenvalue weighted by Gasteiger charge is 2.13. The van der Waals surface area contributed by atoms with Crippen LogP contribution in [0.1, 0.15) is 0 Å². The molecule has 0 saturated heterocycles. The van der Waals surface area contributed by atoms with Crippen LogP contribution in [0.2, 0.25) is 20.2 Å². The molecule has 0 aliphatic heterocycles. The molecule has 0 aliphatic carbocycles. The van der Waals surface area contributed by atoms with Crippen LogP contribution in [0.4, 0.5) is 5.82 Å². The van der Waals surface area contributed by atoms with Crippen molar-refractivity contribution in [1.82, 2.24) is 4.98 Å². The molecule has 1 rings (SSSR count). The van der Waals surface area contributed by atoms with Gasteiger partial charge >= 0.3 is 0 Å². The average Bonchev–Trinajstić information content (AvgIpc) is 2.08. The maximum absolute atomic E-state index is 5.69. The van der Waals surface area contributed by atoms with Gasteiger partial charge in [-0.05, 0) is 0 Å². The highest BCUT2D eigenvalue weighted by molar-refractivity contribution is 6.52. The van der Waals surface area contributed by atoms with Crippen molar-refractivity contribution < 1.29 is 0 Å². The predicted molar refractivity (Wildman–Crippen MR) is 52.1 cm³/mol. The van der Waals surface area contributed by atoms with Gasteiger partial charge in [-0.3, -0.25) is 0 Å². The number of hydrogen-bond acceptors (Lipinski definition) is 3. The second-order valence-electron chi connectivity index (χ2n) is 1.84. The SMILES string of the molecule is NNc1nc(Cl)c(Cl)c(Cl)c1Cl. The van der Waals surface area contributed by atoms with Crippen molar-refractivity contribution in [2.24, 2.45) is 5.84 Å². The number of hydrogen-bond donors (Lipinski definition) is 2. The van der Waals surface area contributed by atoms with Gasteiger partial charge in [-0.25, -0.2) is 10.8 Å². The Bertz CT molecular complexity index is 314. The Labute approximate surface area is 88.7 Å². The van der Waals surface area contributed by atoms with E-state index in [4.69, 9.17) is 52.2 Å². The standard InChI is InChI=1S/C5H3Cl4N3/c6-1-2(7)4(9)11-5(12-10)3(1)8/h10H2,(H,11,12). The van der Waals surface area contributed by atoms with Gasteiger partial charge < -0.3 is 5.43 Å². The van der Waals surface area contributed by atoms with Crippen molar-refractivity contribution in [2.45, 2.75) is 0 Å². The maximum atomic E-state index is 5.69. The van der Waals surface area contributed by atoms with Gasteiger partial charge in [0.15, 0.2) is 11.0 Å². The van der Waals surface area contributed by atoms with Gasteiger partial charge in [0.25, 0.3) is 0 Å². The van der Waals surface area contributed by atoms with Crippen LogP contribution in [-0.4, -0.2) is 4.98 Å². The first-order valence-electron chi connectivity index (χ1n) is 2.74. The molecule has 0 unspecified atom stereocenters. The third-order valence-corrected chi connectivity index (χ3v) is 2.80. The van der Waals surface area contributed by atoms with Gasteiger partial charge in [-0.2, -0.15) is 0 Å². The molecule has 0 amide bonds. The molecule has 1 aromatic rings. The van der Waals surface area contributed by atoms with Crippen LogP contribution in [0.3, 0.4) is 0 Å². The summed E-state index contributed by atoms with van der Waals surface area (Å²) in [5.41, 5.74) is 2.23. The lowest BCUT2D eigenvalue weighted by atomic mass is 10.4. The normalized spacial score (nSPS) is 10.1. The highest BCUT2D eigenvalue weighted by Crippen LogP contribution is 2.37. The number of nitrogens with zero attached hydrogens (tertiary/aromatic N) is 1. The first kappa shape index (κ1) is 10.2. The average molecular weight is 247 g/mol. The zero-order valence-corrected chi connectivity index (χ0v) is 8.56. The minimum atomic E-state index is 0.0546. The monoisotopic (exact) mass is 245 g/mol. The second-order valence-corrected chi connectivity index (χ2v) is 3.33. The summed E-state index contributed by atoms with van der Waals surface area (Å²) >= 11 is 22.6. The summed E-state index contributed by atoms with van der Waals surface area (Å²) in [5, 5.41) is 0.446. The smallest absolute Gasteiger partial charge is 0.162 e. The van der Waals surface area contributed by atoms with E-state index in [0.717, 1.165) is 0 Å². The molecular formula is C5H3Cl4N3. The number of hydrazine groups is 1. The number of halogens is 4. The van der Waals surface area contributed by atoms with Crippen molar-refractivity contribution in [3.05, 3.63) is 20.2 Å². The van der Waals surface area contributed by atoms with Crippen molar-refractivity contribution in [1.29, 1.82) is 0 Å². The van der Waals surface area contributed by atoms with Crippen molar-refractivity contribution in [3.63, 3.8) is 0 Å². The Balaban J connectivity index is 3.39. The van der Waals surface area contributed by atoms with Crippen LogP contribution in [0.15, 0.2) is 0 Å². The van der Waals surface area contributed by atoms with Crippen LogP contribution in [-0.2, 0) is 0 Å². The van der Waals surface area contributed by atoms with E-state index in [1.54, 1.807) is 0 Å². The molecule has 0 spiro atoms. The van der Waals surface area contributed by atoms with E-state index < -0.39 is 0 Å². The quantitative estimate of drug-likeness (QED) is 0.455. The largest absolute Gasteiger partial charge is 0.307 e. The lowest BCUT2D eigenvalue weighted by molar-refractivity contribution is 1.23.